The molecule has 0 saturated carbocycles. The van der Waals surface area contributed by atoms with Gasteiger partial charge in [0.15, 0.2) is 0 Å². The van der Waals surface area contributed by atoms with E-state index in [1.165, 1.54) is 18.3 Å². The Kier molecular flexibility index (Phi) is 4.26. The third-order valence-corrected chi connectivity index (χ3v) is 3.79. The molecule has 0 bridgehead atoms. The van der Waals surface area contributed by atoms with Crippen LogP contribution in [0.25, 0.3) is 22.9 Å². The van der Waals surface area contributed by atoms with E-state index < -0.39 is 17.5 Å². The van der Waals surface area contributed by atoms with Gasteiger partial charge in [-0.15, -0.1) is 0 Å². The summed E-state index contributed by atoms with van der Waals surface area (Å²) in [6.07, 6.45) is -2.97. The zero-order valence-electron chi connectivity index (χ0n) is 13.9. The molecule has 142 valence electrons. The molecular formula is C17H10F3N5O3. The monoisotopic (exact) mass is 389 g/mol. The zero-order valence-corrected chi connectivity index (χ0v) is 13.9. The van der Waals surface area contributed by atoms with E-state index in [9.17, 15) is 18.0 Å². The van der Waals surface area contributed by atoms with Gasteiger partial charge in [0.2, 0.25) is 17.5 Å². The van der Waals surface area contributed by atoms with Gasteiger partial charge in [-0.2, -0.15) is 18.2 Å². The maximum Gasteiger partial charge on any atom is 0.442 e. The molecule has 0 saturated heterocycles. The van der Waals surface area contributed by atoms with Crippen molar-refractivity contribution >= 4 is 0 Å². The summed E-state index contributed by atoms with van der Waals surface area (Å²) in [7, 11) is 0. The van der Waals surface area contributed by atoms with Crippen LogP contribution >= 0.6 is 0 Å². The van der Waals surface area contributed by atoms with Gasteiger partial charge in [-0.1, -0.05) is 28.5 Å². The molecule has 0 radical (unpaired) electrons. The SMILES string of the molecule is O=c1onc(-c2ccccn2)n1Cc1nc(-c2cccc(C(F)(F)F)c2)no1. The molecule has 0 spiro atoms. The van der Waals surface area contributed by atoms with Crippen molar-refractivity contribution in [2.75, 3.05) is 0 Å². The Morgan fingerprint density at radius 3 is 2.64 bits per heavy atom. The lowest BCUT2D eigenvalue weighted by Gasteiger charge is -2.06. The van der Waals surface area contributed by atoms with Crippen LogP contribution in [0, 0.1) is 0 Å². The molecule has 28 heavy (non-hydrogen) atoms. The average Bonchev–Trinajstić information content (AvgIpc) is 3.30. The minimum atomic E-state index is -4.49. The largest absolute Gasteiger partial charge is 0.442 e. The van der Waals surface area contributed by atoms with Crippen LogP contribution < -0.4 is 5.76 Å². The molecule has 0 unspecified atom stereocenters. The smallest absolute Gasteiger partial charge is 0.337 e. The average molecular weight is 389 g/mol. The number of hydrogen-bond donors (Lipinski definition) is 0. The van der Waals surface area contributed by atoms with Crippen LogP contribution in [0.1, 0.15) is 11.5 Å². The Bertz CT molecular complexity index is 1160. The van der Waals surface area contributed by atoms with E-state index in [1.54, 1.807) is 18.2 Å². The number of alkyl halides is 3. The van der Waals surface area contributed by atoms with Crippen LogP contribution in [-0.4, -0.2) is 24.8 Å². The lowest BCUT2D eigenvalue weighted by molar-refractivity contribution is -0.137. The third kappa shape index (κ3) is 3.41. The van der Waals surface area contributed by atoms with Crippen LogP contribution in [0.4, 0.5) is 13.2 Å². The number of nitrogens with zero attached hydrogens (tertiary/aromatic N) is 5. The van der Waals surface area contributed by atoms with E-state index in [0.717, 1.165) is 16.7 Å². The van der Waals surface area contributed by atoms with Gasteiger partial charge in [-0.3, -0.25) is 9.51 Å². The fraction of sp³-hybridized carbons (Fsp3) is 0.118. The van der Waals surface area contributed by atoms with Gasteiger partial charge in [0.05, 0.1) is 5.56 Å². The molecule has 0 N–H and O–H groups in total. The fourth-order valence-electron chi connectivity index (χ4n) is 2.49. The number of aromatic nitrogens is 5. The third-order valence-electron chi connectivity index (χ3n) is 3.79. The van der Waals surface area contributed by atoms with Crippen molar-refractivity contribution in [3.63, 3.8) is 0 Å². The second kappa shape index (κ2) is 6.76. The second-order valence-electron chi connectivity index (χ2n) is 5.66. The van der Waals surface area contributed by atoms with Gasteiger partial charge < -0.3 is 4.52 Å². The highest BCUT2D eigenvalue weighted by Crippen LogP contribution is 2.31. The van der Waals surface area contributed by atoms with Gasteiger partial charge in [0.1, 0.15) is 12.2 Å². The highest BCUT2D eigenvalue weighted by Gasteiger charge is 2.30. The summed E-state index contributed by atoms with van der Waals surface area (Å²) < 4.78 is 49.5. The number of benzene rings is 1. The Morgan fingerprint density at radius 2 is 1.89 bits per heavy atom. The molecule has 0 aliphatic carbocycles. The van der Waals surface area contributed by atoms with Crippen LogP contribution in [0.3, 0.4) is 0 Å². The minimum Gasteiger partial charge on any atom is -0.337 e. The van der Waals surface area contributed by atoms with E-state index in [0.29, 0.717) is 5.69 Å². The predicted octanol–water partition coefficient (Wildman–Crippen LogP) is 3.02. The molecular weight excluding hydrogens is 379 g/mol. The first-order chi connectivity index (χ1) is 13.4. The Labute approximate surface area is 154 Å². The Morgan fingerprint density at radius 1 is 1.04 bits per heavy atom. The minimum absolute atomic E-state index is 0.00473. The van der Waals surface area contributed by atoms with E-state index in [4.69, 9.17) is 4.52 Å². The lowest BCUT2D eigenvalue weighted by Crippen LogP contribution is -2.16. The standard InChI is InChI=1S/C17H10F3N5O3/c18-17(19,20)11-5-3-4-10(8-11)14-22-13(27-23-14)9-25-15(24-28-16(25)26)12-6-1-2-7-21-12/h1-8H,9H2. The summed E-state index contributed by atoms with van der Waals surface area (Å²) in [5, 5.41) is 7.37. The first kappa shape index (κ1) is 17.6. The maximum atomic E-state index is 12.9. The molecule has 0 atom stereocenters. The van der Waals surface area contributed by atoms with Gasteiger partial charge in [-0.25, -0.2) is 9.36 Å². The van der Waals surface area contributed by atoms with Crippen molar-refractivity contribution in [1.82, 2.24) is 24.8 Å². The number of halogens is 3. The maximum absolute atomic E-state index is 12.9. The van der Waals surface area contributed by atoms with Gasteiger partial charge >= 0.3 is 11.9 Å². The molecule has 0 fully saturated rings. The van der Waals surface area contributed by atoms with E-state index in [2.05, 4.69) is 24.8 Å². The van der Waals surface area contributed by atoms with Gasteiger partial charge in [0.25, 0.3) is 0 Å². The van der Waals surface area contributed by atoms with Crippen molar-refractivity contribution in [3.8, 4) is 22.9 Å². The van der Waals surface area contributed by atoms with Crippen molar-refractivity contribution in [3.05, 3.63) is 70.7 Å². The van der Waals surface area contributed by atoms with E-state index in [-0.39, 0.29) is 29.6 Å². The van der Waals surface area contributed by atoms with Crippen LogP contribution in [0.5, 0.6) is 0 Å². The molecule has 11 heteroatoms. The number of rotatable bonds is 4. The molecule has 0 amide bonds. The summed E-state index contributed by atoms with van der Waals surface area (Å²) >= 11 is 0. The topological polar surface area (TPSA) is 99.8 Å². The predicted molar refractivity (Wildman–Crippen MR) is 87.8 cm³/mol. The molecule has 4 rings (SSSR count). The fourth-order valence-corrected chi connectivity index (χ4v) is 2.49. The lowest BCUT2D eigenvalue weighted by atomic mass is 10.1. The van der Waals surface area contributed by atoms with E-state index in [1.807, 2.05) is 0 Å². The Balaban J connectivity index is 1.64. The molecule has 3 heterocycles. The van der Waals surface area contributed by atoms with Crippen LogP contribution in [0.15, 0.2) is 62.5 Å². The highest BCUT2D eigenvalue weighted by molar-refractivity contribution is 5.55. The van der Waals surface area contributed by atoms with Crippen LogP contribution in [0.2, 0.25) is 0 Å². The van der Waals surface area contributed by atoms with Gasteiger partial charge in [-0.05, 0) is 24.3 Å². The summed E-state index contributed by atoms with van der Waals surface area (Å²) in [6.45, 7) is -0.180. The van der Waals surface area contributed by atoms with Crippen molar-refractivity contribution in [2.45, 2.75) is 12.7 Å². The molecule has 0 aliphatic heterocycles. The van der Waals surface area contributed by atoms with E-state index >= 15 is 0 Å². The van der Waals surface area contributed by atoms with Crippen LogP contribution in [-0.2, 0) is 12.7 Å². The van der Waals surface area contributed by atoms with Crippen molar-refractivity contribution in [2.24, 2.45) is 0 Å². The normalized spacial score (nSPS) is 11.7. The molecule has 3 aromatic heterocycles. The molecule has 4 aromatic rings. The first-order valence-electron chi connectivity index (χ1n) is 7.90. The van der Waals surface area contributed by atoms with Crippen molar-refractivity contribution < 1.29 is 22.2 Å². The van der Waals surface area contributed by atoms with Gasteiger partial charge in [0, 0.05) is 11.8 Å². The summed E-state index contributed by atoms with van der Waals surface area (Å²) in [6, 6.07) is 9.58. The van der Waals surface area contributed by atoms with Crippen molar-refractivity contribution in [1.29, 1.82) is 0 Å². The summed E-state index contributed by atoms with van der Waals surface area (Å²) in [5.74, 6) is -0.649. The summed E-state index contributed by atoms with van der Waals surface area (Å²) in [4.78, 5) is 20.1. The molecule has 0 aliphatic rings. The quantitative estimate of drug-likeness (QED) is 0.529. The molecule has 1 aromatic carbocycles. The Hall–Kier alpha value is -3.76. The number of pyridine rings is 1. The molecule has 8 nitrogen and oxygen atoms in total. The zero-order chi connectivity index (χ0) is 19.7. The highest BCUT2D eigenvalue weighted by atomic mass is 19.4. The first-order valence-corrected chi connectivity index (χ1v) is 7.90. The summed E-state index contributed by atoms with van der Waals surface area (Å²) in [5.41, 5.74) is -0.303. The second-order valence-corrected chi connectivity index (χ2v) is 5.66. The number of hydrogen-bond acceptors (Lipinski definition) is 7.